The van der Waals surface area contributed by atoms with Crippen LogP contribution in [0.3, 0.4) is 0 Å². The molecular formula is C45H52ClN7O7S. The van der Waals surface area contributed by atoms with Gasteiger partial charge in [0.25, 0.3) is 21.6 Å². The van der Waals surface area contributed by atoms with Crippen LogP contribution in [0.15, 0.2) is 95.7 Å². The van der Waals surface area contributed by atoms with Gasteiger partial charge in [0.1, 0.15) is 22.8 Å². The van der Waals surface area contributed by atoms with Crippen molar-refractivity contribution < 1.29 is 27.6 Å². The zero-order chi connectivity index (χ0) is 43.5. The highest BCUT2D eigenvalue weighted by Gasteiger charge is 2.31. The van der Waals surface area contributed by atoms with Crippen LogP contribution < -0.4 is 19.7 Å². The molecule has 2 aliphatic rings. The number of piperazine rings is 1. The number of nitro benzene ring substituents is 1. The molecular weight excluding hydrogens is 818 g/mol. The average Bonchev–Trinajstić information content (AvgIpc) is 3.69. The Hall–Kier alpha value is -5.48. The summed E-state index contributed by atoms with van der Waals surface area (Å²) in [5, 5.41) is 16.6. The number of anilines is 2. The van der Waals surface area contributed by atoms with E-state index in [0.717, 1.165) is 74.1 Å². The summed E-state index contributed by atoms with van der Waals surface area (Å²) in [4.78, 5) is 37.0. The molecule has 1 amide bonds. The number of aromatic amines is 1. The van der Waals surface area contributed by atoms with E-state index < -0.39 is 31.4 Å². The van der Waals surface area contributed by atoms with E-state index in [1.807, 2.05) is 32.0 Å². The van der Waals surface area contributed by atoms with Crippen LogP contribution in [0.1, 0.15) is 62.9 Å². The largest absolute Gasteiger partial charge is 0.455 e. The Labute approximate surface area is 361 Å². The van der Waals surface area contributed by atoms with Gasteiger partial charge in [-0.1, -0.05) is 57.0 Å². The molecule has 0 unspecified atom stereocenters. The van der Waals surface area contributed by atoms with Crippen LogP contribution >= 0.6 is 11.6 Å². The van der Waals surface area contributed by atoms with E-state index in [2.05, 4.69) is 55.8 Å². The number of carbonyl (C=O) groups is 1. The minimum Gasteiger partial charge on any atom is -0.455 e. The molecule has 3 heterocycles. The Morgan fingerprint density at radius 1 is 1.03 bits per heavy atom. The van der Waals surface area contributed by atoms with Crippen molar-refractivity contribution in [2.75, 3.05) is 63.2 Å². The quantitative estimate of drug-likeness (QED) is 0.0678. The van der Waals surface area contributed by atoms with Crippen molar-refractivity contribution in [2.24, 2.45) is 10.8 Å². The fourth-order valence-corrected chi connectivity index (χ4v) is 9.08. The Bertz CT molecular complexity index is 2570. The van der Waals surface area contributed by atoms with Crippen LogP contribution in [0.5, 0.6) is 11.5 Å². The van der Waals surface area contributed by atoms with E-state index in [1.54, 1.807) is 31.5 Å². The van der Waals surface area contributed by atoms with E-state index in [1.165, 1.54) is 41.1 Å². The van der Waals surface area contributed by atoms with Crippen molar-refractivity contribution in [3.05, 3.63) is 117 Å². The predicted molar refractivity (Wildman–Crippen MR) is 239 cm³/mol. The summed E-state index contributed by atoms with van der Waals surface area (Å²) in [6.07, 6.45) is 6.46. The molecule has 7 rings (SSSR count). The fraction of sp³-hybridized carbons (Fsp3) is 0.378. The van der Waals surface area contributed by atoms with Gasteiger partial charge in [-0.2, -0.15) is 0 Å². The Morgan fingerprint density at radius 3 is 2.51 bits per heavy atom. The topological polar surface area (TPSA) is 172 Å². The van der Waals surface area contributed by atoms with Crippen molar-refractivity contribution in [3.63, 3.8) is 0 Å². The molecule has 2 aromatic heterocycles. The molecule has 16 heteroatoms. The number of carbonyl (C=O) groups excluding carboxylic acids is 1. The van der Waals surface area contributed by atoms with Crippen LogP contribution in [-0.2, 0) is 14.8 Å². The molecule has 1 aliphatic heterocycles. The summed E-state index contributed by atoms with van der Waals surface area (Å²) in [5.41, 5.74) is 5.06. The molecule has 1 saturated heterocycles. The number of rotatable bonds is 15. The van der Waals surface area contributed by atoms with Crippen LogP contribution in [-0.4, -0.2) is 87.1 Å². The number of halogens is 1. The Kier molecular flexibility index (Phi) is 12.8. The normalized spacial score (nSPS) is 16.1. The van der Waals surface area contributed by atoms with Gasteiger partial charge in [0.2, 0.25) is 0 Å². The number of ether oxygens (including phenoxy) is 2. The molecule has 0 atom stereocenters. The lowest BCUT2D eigenvalue weighted by Crippen LogP contribution is -2.47. The Balaban J connectivity index is 1.10. The lowest BCUT2D eigenvalue weighted by Gasteiger charge is -2.39. The number of nitro groups is 1. The third kappa shape index (κ3) is 10.5. The number of methoxy groups -OCH3 is 1. The average molecular weight is 870 g/mol. The summed E-state index contributed by atoms with van der Waals surface area (Å²) in [6, 6.07) is 20.3. The number of benzene rings is 3. The minimum atomic E-state index is -4.57. The number of sulfonamides is 1. The monoisotopic (exact) mass is 869 g/mol. The van der Waals surface area contributed by atoms with Gasteiger partial charge in [-0.15, -0.1) is 0 Å². The number of hydrogen-bond donors (Lipinski definition) is 3. The lowest BCUT2D eigenvalue weighted by atomic mass is 9.72. The number of fused-ring (bicyclic) bond motifs is 1. The van der Waals surface area contributed by atoms with Crippen LogP contribution in [0.25, 0.3) is 16.6 Å². The van der Waals surface area contributed by atoms with E-state index in [9.17, 15) is 23.3 Å². The molecule has 14 nitrogen and oxygen atoms in total. The molecule has 5 aromatic rings. The zero-order valence-electron chi connectivity index (χ0n) is 35.1. The van der Waals surface area contributed by atoms with Crippen LogP contribution in [0.4, 0.5) is 17.1 Å². The molecule has 61 heavy (non-hydrogen) atoms. The number of nitrogens with one attached hydrogen (secondary N) is 3. The van der Waals surface area contributed by atoms with Crippen LogP contribution in [0, 0.1) is 20.9 Å². The molecule has 3 N–H and O–H groups in total. The fourth-order valence-electron chi connectivity index (χ4n) is 7.97. The summed E-state index contributed by atoms with van der Waals surface area (Å²) in [5.74, 6) is -0.497. The number of hydrogen-bond acceptors (Lipinski definition) is 11. The van der Waals surface area contributed by atoms with Crippen molar-refractivity contribution in [1.82, 2.24) is 19.6 Å². The van der Waals surface area contributed by atoms with Gasteiger partial charge in [-0.3, -0.25) is 19.8 Å². The van der Waals surface area contributed by atoms with E-state index >= 15 is 0 Å². The molecule has 0 bridgehead atoms. The van der Waals surface area contributed by atoms with Gasteiger partial charge in [0, 0.05) is 86.2 Å². The van der Waals surface area contributed by atoms with Gasteiger partial charge in [0.15, 0.2) is 0 Å². The van der Waals surface area contributed by atoms with Crippen molar-refractivity contribution in [3.8, 4) is 11.5 Å². The highest BCUT2D eigenvalue weighted by molar-refractivity contribution is 7.90. The lowest BCUT2D eigenvalue weighted by molar-refractivity contribution is -0.384. The molecule has 3 aromatic carbocycles. The maximum absolute atomic E-state index is 13.9. The SMILES string of the molecule is COCC(C)(C)CNc1ccc(S(=O)(=O)NC(=O)c2ccc(N3CCN(CC4=C(c5ccc(Cl)cc5)CC(C)(C)CC4)CC3)cc2Oc2cnc3[nH]ccc3c2)cc1[N+](=O)[O-]. The molecule has 0 saturated carbocycles. The van der Waals surface area contributed by atoms with Gasteiger partial charge < -0.3 is 24.7 Å². The number of H-pyrrole nitrogens is 1. The second kappa shape index (κ2) is 17.9. The van der Waals surface area contributed by atoms with E-state index in [0.29, 0.717) is 24.5 Å². The first-order valence-corrected chi connectivity index (χ1v) is 22.1. The Morgan fingerprint density at radius 2 is 1.79 bits per heavy atom. The number of allylic oxidation sites excluding steroid dienone is 1. The number of pyridine rings is 1. The molecule has 0 spiro atoms. The van der Waals surface area contributed by atoms with Gasteiger partial charge in [-0.05, 0) is 84.3 Å². The van der Waals surface area contributed by atoms with E-state index in [4.69, 9.17) is 21.1 Å². The maximum Gasteiger partial charge on any atom is 0.293 e. The summed E-state index contributed by atoms with van der Waals surface area (Å²) < 4.78 is 41.0. The first kappa shape index (κ1) is 43.6. The van der Waals surface area contributed by atoms with Gasteiger partial charge in [-0.25, -0.2) is 18.1 Å². The first-order valence-electron chi connectivity index (χ1n) is 20.3. The van der Waals surface area contributed by atoms with Crippen LogP contribution in [0.2, 0.25) is 5.02 Å². The second-order valence-corrected chi connectivity index (χ2v) is 19.5. The van der Waals surface area contributed by atoms with Crippen molar-refractivity contribution in [1.29, 1.82) is 0 Å². The summed E-state index contributed by atoms with van der Waals surface area (Å²) >= 11 is 6.24. The molecule has 1 fully saturated rings. The molecule has 322 valence electrons. The maximum atomic E-state index is 13.9. The van der Waals surface area contributed by atoms with Gasteiger partial charge in [0.05, 0.1) is 28.2 Å². The minimum absolute atomic E-state index is 0.0461. The van der Waals surface area contributed by atoms with E-state index in [-0.39, 0.29) is 27.8 Å². The molecule has 0 radical (unpaired) electrons. The van der Waals surface area contributed by atoms with Crippen molar-refractivity contribution in [2.45, 2.75) is 51.9 Å². The van der Waals surface area contributed by atoms with Crippen molar-refractivity contribution >= 4 is 61.2 Å². The highest BCUT2D eigenvalue weighted by Crippen LogP contribution is 2.43. The third-order valence-electron chi connectivity index (χ3n) is 11.3. The third-order valence-corrected chi connectivity index (χ3v) is 12.9. The highest BCUT2D eigenvalue weighted by atomic mass is 35.5. The first-order chi connectivity index (χ1) is 29.0. The number of aromatic nitrogens is 2. The summed E-state index contributed by atoms with van der Waals surface area (Å²) in [7, 11) is -3.00. The standard InChI is InChI=1S/C45H52ClN7O7S/c1-44(2)16-14-32(38(25-44)30-6-8-33(46)9-7-30)27-51-18-20-52(21-19-51)34-10-12-37(41(23-34)60-35-22-31-15-17-47-42(31)48-26-35)43(54)50-61(57,58)36-11-13-39(40(24-36)53(55)56)49-28-45(3,4)29-59-5/h6-13,15,17,22-24,26,49H,14,16,18-21,25,27-29H2,1-5H3,(H,47,48)(H,50,54). The molecule has 1 aliphatic carbocycles. The smallest absolute Gasteiger partial charge is 0.293 e. The summed E-state index contributed by atoms with van der Waals surface area (Å²) in [6.45, 7) is 13.2. The number of amides is 1. The second-order valence-electron chi connectivity index (χ2n) is 17.4. The number of nitrogens with zero attached hydrogens (tertiary/aromatic N) is 4. The van der Waals surface area contributed by atoms with Gasteiger partial charge >= 0.3 is 0 Å². The zero-order valence-corrected chi connectivity index (χ0v) is 36.7. The predicted octanol–water partition coefficient (Wildman–Crippen LogP) is 8.91.